The average Bonchev–Trinajstić information content (AvgIpc) is 3.14. The number of aromatic nitrogens is 5. The molecule has 0 N–H and O–H groups in total. The molecule has 0 aliphatic heterocycles. The third-order valence-electron chi connectivity index (χ3n) is 2.62. The lowest BCUT2D eigenvalue weighted by atomic mass is 10.2. The maximum absolute atomic E-state index is 12.3. The smallest absolute Gasteiger partial charge is 0.424 e. The molecule has 124 valence electrons. The molecule has 7 nitrogen and oxygen atoms in total. The van der Waals surface area contributed by atoms with E-state index in [9.17, 15) is 13.2 Å². The molecule has 0 aliphatic carbocycles. The quantitative estimate of drug-likeness (QED) is 0.711. The third kappa shape index (κ3) is 4.10. The lowest BCUT2D eigenvalue weighted by Gasteiger charge is -2.09. The molecule has 2 heterocycles. The Morgan fingerprint density at radius 3 is 2.79 bits per heavy atom. The van der Waals surface area contributed by atoms with E-state index in [4.69, 9.17) is 16.0 Å². The molecule has 3 rings (SSSR count). The fourth-order valence-corrected chi connectivity index (χ4v) is 1.98. The molecule has 24 heavy (non-hydrogen) atoms. The molecule has 0 aliphatic rings. The largest absolute Gasteiger partial charge is 0.573 e. The van der Waals surface area contributed by atoms with E-state index in [1.165, 1.54) is 35.7 Å². The molecule has 0 spiro atoms. The van der Waals surface area contributed by atoms with Crippen molar-refractivity contribution < 1.29 is 22.3 Å². The second-order valence-electron chi connectivity index (χ2n) is 4.36. The number of ether oxygens (including phenoxy) is 1. The van der Waals surface area contributed by atoms with Gasteiger partial charge in [-0.25, -0.2) is 9.67 Å². The van der Waals surface area contributed by atoms with Gasteiger partial charge >= 0.3 is 6.36 Å². The molecule has 3 aromatic rings. The zero-order chi connectivity index (χ0) is 17.2. The van der Waals surface area contributed by atoms with Crippen molar-refractivity contribution >= 4 is 23.9 Å². The summed E-state index contributed by atoms with van der Waals surface area (Å²) in [7, 11) is 0. The van der Waals surface area contributed by atoms with Gasteiger partial charge in [-0.1, -0.05) is 11.6 Å². The van der Waals surface area contributed by atoms with E-state index in [2.05, 4.69) is 25.0 Å². The van der Waals surface area contributed by atoms with Gasteiger partial charge in [0.1, 0.15) is 12.1 Å². The van der Waals surface area contributed by atoms with Gasteiger partial charge in [0.05, 0.1) is 0 Å². The van der Waals surface area contributed by atoms with Crippen LogP contribution < -0.4 is 4.74 Å². The van der Waals surface area contributed by atoms with Crippen molar-refractivity contribution in [1.82, 2.24) is 25.0 Å². The first kappa shape index (κ1) is 16.0. The lowest BCUT2D eigenvalue weighted by molar-refractivity contribution is -0.274. The highest BCUT2D eigenvalue weighted by molar-refractivity contribution is 6.31. The van der Waals surface area contributed by atoms with Crippen molar-refractivity contribution in [3.63, 3.8) is 0 Å². The first-order valence-electron chi connectivity index (χ1n) is 6.31. The van der Waals surface area contributed by atoms with Gasteiger partial charge in [-0.15, -0.1) is 28.5 Å². The molecule has 11 heteroatoms. The lowest BCUT2D eigenvalue weighted by Crippen LogP contribution is -2.17. The van der Waals surface area contributed by atoms with Crippen molar-refractivity contribution in [2.24, 2.45) is 0 Å². The number of rotatable bonds is 4. The monoisotopic (exact) mass is 357 g/mol. The zero-order valence-corrected chi connectivity index (χ0v) is 12.4. The van der Waals surface area contributed by atoms with E-state index in [0.717, 1.165) is 12.1 Å². The number of alkyl halides is 3. The zero-order valence-electron chi connectivity index (χ0n) is 11.6. The summed E-state index contributed by atoms with van der Waals surface area (Å²) in [5, 5.41) is 11.3. The molecule has 1 aromatic carbocycles. The van der Waals surface area contributed by atoms with Gasteiger partial charge in [0.15, 0.2) is 5.82 Å². The summed E-state index contributed by atoms with van der Waals surface area (Å²) in [4.78, 5) is 4.00. The molecule has 0 atom stereocenters. The molecule has 0 fully saturated rings. The first-order valence-corrected chi connectivity index (χ1v) is 6.69. The van der Waals surface area contributed by atoms with Crippen LogP contribution in [0.25, 0.3) is 23.7 Å². The normalized spacial score (nSPS) is 12.0. The highest BCUT2D eigenvalue weighted by Crippen LogP contribution is 2.30. The van der Waals surface area contributed by atoms with Crippen LogP contribution in [0.15, 0.2) is 35.3 Å². The Balaban J connectivity index is 1.84. The van der Waals surface area contributed by atoms with Gasteiger partial charge in [0, 0.05) is 22.9 Å². The van der Waals surface area contributed by atoms with E-state index < -0.39 is 12.1 Å². The van der Waals surface area contributed by atoms with Crippen LogP contribution in [-0.4, -0.2) is 31.3 Å². The van der Waals surface area contributed by atoms with Crippen molar-refractivity contribution in [1.29, 1.82) is 0 Å². The van der Waals surface area contributed by atoms with E-state index in [1.807, 2.05) is 0 Å². The second-order valence-corrected chi connectivity index (χ2v) is 4.80. The molecular weight excluding hydrogens is 351 g/mol. The van der Waals surface area contributed by atoms with Gasteiger partial charge in [0.25, 0.3) is 0 Å². The van der Waals surface area contributed by atoms with Gasteiger partial charge in [-0.05, 0) is 18.2 Å². The van der Waals surface area contributed by atoms with Crippen molar-refractivity contribution in [3.05, 3.63) is 41.8 Å². The summed E-state index contributed by atoms with van der Waals surface area (Å²) in [6.07, 6.45) is 0.679. The fraction of sp³-hybridized carbons (Fsp3) is 0.0769. The SMILES string of the molecule is FC(F)(F)Oc1cc(Cl)cc(-c2ncn(C=Cc3nnco3)n2)c1. The minimum Gasteiger partial charge on any atom is -0.424 e. The standard InChI is InChI=1S/C13H7ClF3N5O2/c14-9-3-8(4-10(5-9)24-13(15,16)17)12-18-6-22(21-12)2-1-11-20-19-7-23-11/h1-7H. The summed E-state index contributed by atoms with van der Waals surface area (Å²) in [6, 6.07) is 3.61. The van der Waals surface area contributed by atoms with Crippen LogP contribution in [0.1, 0.15) is 5.89 Å². The van der Waals surface area contributed by atoms with Crippen LogP contribution in [0.4, 0.5) is 13.2 Å². The molecular formula is C13H7ClF3N5O2. The van der Waals surface area contributed by atoms with Crippen LogP contribution in [0.5, 0.6) is 5.75 Å². The first-order chi connectivity index (χ1) is 11.4. The Morgan fingerprint density at radius 2 is 2.08 bits per heavy atom. The molecule has 0 radical (unpaired) electrons. The Bertz CT molecular complexity index is 861. The highest BCUT2D eigenvalue weighted by atomic mass is 35.5. The van der Waals surface area contributed by atoms with Crippen LogP contribution in [-0.2, 0) is 0 Å². The maximum Gasteiger partial charge on any atom is 0.573 e. The van der Waals surface area contributed by atoms with Crippen molar-refractivity contribution in [3.8, 4) is 17.1 Å². The van der Waals surface area contributed by atoms with Gasteiger partial charge in [-0.3, -0.25) is 0 Å². The number of hydrogen-bond donors (Lipinski definition) is 0. The molecule has 2 aromatic heterocycles. The number of hydrogen-bond acceptors (Lipinski definition) is 6. The van der Waals surface area contributed by atoms with E-state index in [1.54, 1.807) is 0 Å². The average molecular weight is 358 g/mol. The number of benzene rings is 1. The second kappa shape index (κ2) is 6.32. The summed E-state index contributed by atoms with van der Waals surface area (Å²) >= 11 is 5.81. The molecule has 0 unspecified atom stereocenters. The summed E-state index contributed by atoms with van der Waals surface area (Å²) in [5.74, 6) is -0.0295. The summed E-state index contributed by atoms with van der Waals surface area (Å²) < 4.78 is 47.0. The van der Waals surface area contributed by atoms with Crippen molar-refractivity contribution in [2.75, 3.05) is 0 Å². The van der Waals surface area contributed by atoms with Crippen LogP contribution in [0.3, 0.4) is 0 Å². The fourth-order valence-electron chi connectivity index (χ4n) is 1.76. The minimum absolute atomic E-state index is 0.0597. The maximum atomic E-state index is 12.3. The molecule has 0 bridgehead atoms. The highest BCUT2D eigenvalue weighted by Gasteiger charge is 2.31. The summed E-state index contributed by atoms with van der Waals surface area (Å²) in [5.41, 5.74) is 0.270. The van der Waals surface area contributed by atoms with Crippen LogP contribution >= 0.6 is 11.6 Å². The molecule has 0 saturated heterocycles. The molecule has 0 saturated carbocycles. The van der Waals surface area contributed by atoms with Crippen LogP contribution in [0.2, 0.25) is 5.02 Å². The van der Waals surface area contributed by atoms with Crippen molar-refractivity contribution in [2.45, 2.75) is 6.36 Å². The predicted octanol–water partition coefficient (Wildman–Crippen LogP) is 3.51. The predicted molar refractivity (Wildman–Crippen MR) is 76.7 cm³/mol. The van der Waals surface area contributed by atoms with Crippen LogP contribution in [0, 0.1) is 0 Å². The Labute approximate surface area is 137 Å². The van der Waals surface area contributed by atoms with E-state index in [-0.39, 0.29) is 22.3 Å². The Kier molecular flexibility index (Phi) is 4.21. The number of nitrogens with zero attached hydrogens (tertiary/aromatic N) is 5. The minimum atomic E-state index is -4.82. The van der Waals surface area contributed by atoms with Gasteiger partial charge in [0.2, 0.25) is 12.3 Å². The van der Waals surface area contributed by atoms with E-state index >= 15 is 0 Å². The Hall–Kier alpha value is -2.88. The number of halogens is 4. The topological polar surface area (TPSA) is 78.9 Å². The Morgan fingerprint density at radius 1 is 1.25 bits per heavy atom. The van der Waals surface area contributed by atoms with E-state index in [0.29, 0.717) is 0 Å². The summed E-state index contributed by atoms with van der Waals surface area (Å²) in [6.45, 7) is 0. The van der Waals surface area contributed by atoms with Gasteiger partial charge in [-0.2, -0.15) is 0 Å². The third-order valence-corrected chi connectivity index (χ3v) is 2.84. The van der Waals surface area contributed by atoms with Gasteiger partial charge < -0.3 is 9.15 Å². The molecule has 0 amide bonds.